The highest BCUT2D eigenvalue weighted by atomic mass is 32.2. The molecule has 2 heterocycles. The largest absolute Gasteiger partial charge is 0.464 e. The summed E-state index contributed by atoms with van der Waals surface area (Å²) < 4.78 is 21.9. The standard InChI is InChI=1S/C22H32N2O2S/c1-16-9-11-19(24-13-7-6-8-14-24)18(15-16)21(20-12-10-17(2)26-20)23-27(25)22(3,4)5/h9-12,15,21,23H,6-8,13-14H2,1-5H3. The molecule has 3 rings (SSSR count). The number of anilines is 1. The first-order valence-corrected chi connectivity index (χ1v) is 11.0. The van der Waals surface area contributed by atoms with Crippen LogP contribution in [0, 0.1) is 13.8 Å². The van der Waals surface area contributed by atoms with E-state index in [0.717, 1.165) is 30.2 Å². The summed E-state index contributed by atoms with van der Waals surface area (Å²) >= 11 is 0. The fraction of sp³-hybridized carbons (Fsp3) is 0.545. The normalized spacial score (nSPS) is 17.7. The Balaban J connectivity index is 2.05. The Kier molecular flexibility index (Phi) is 6.11. The molecular formula is C22H32N2O2S. The summed E-state index contributed by atoms with van der Waals surface area (Å²) in [5.41, 5.74) is 3.56. The van der Waals surface area contributed by atoms with Crippen molar-refractivity contribution in [2.45, 2.75) is 64.7 Å². The third-order valence-electron chi connectivity index (χ3n) is 5.02. The van der Waals surface area contributed by atoms with Gasteiger partial charge in [-0.25, -0.2) is 8.93 Å². The van der Waals surface area contributed by atoms with Crippen molar-refractivity contribution in [2.24, 2.45) is 0 Å². The lowest BCUT2D eigenvalue weighted by Crippen LogP contribution is -2.37. The number of benzene rings is 1. The third-order valence-corrected chi connectivity index (χ3v) is 6.58. The first-order chi connectivity index (χ1) is 12.8. The summed E-state index contributed by atoms with van der Waals surface area (Å²) in [5.74, 6) is 1.68. The second-order valence-corrected chi connectivity index (χ2v) is 10.5. The van der Waals surface area contributed by atoms with Crippen molar-refractivity contribution in [3.05, 3.63) is 53.0 Å². The molecule has 148 valence electrons. The van der Waals surface area contributed by atoms with Crippen LogP contribution >= 0.6 is 0 Å². The van der Waals surface area contributed by atoms with Crippen LogP contribution in [0.3, 0.4) is 0 Å². The van der Waals surface area contributed by atoms with E-state index in [1.165, 1.54) is 30.5 Å². The number of nitrogens with one attached hydrogen (secondary N) is 1. The van der Waals surface area contributed by atoms with Crippen molar-refractivity contribution in [1.29, 1.82) is 0 Å². The Morgan fingerprint density at radius 3 is 2.37 bits per heavy atom. The Bertz CT molecular complexity index is 801. The molecule has 2 atom stereocenters. The van der Waals surface area contributed by atoms with Crippen LogP contribution in [-0.4, -0.2) is 22.0 Å². The van der Waals surface area contributed by atoms with Gasteiger partial charge in [-0.2, -0.15) is 0 Å². The van der Waals surface area contributed by atoms with Gasteiger partial charge in [0.2, 0.25) is 0 Å². The number of rotatable bonds is 5. The highest BCUT2D eigenvalue weighted by molar-refractivity contribution is 7.84. The number of nitrogens with zero attached hydrogens (tertiary/aromatic N) is 1. The number of aryl methyl sites for hydroxylation is 2. The molecule has 0 saturated carbocycles. The molecule has 1 N–H and O–H groups in total. The Morgan fingerprint density at radius 1 is 1.07 bits per heavy atom. The lowest BCUT2D eigenvalue weighted by Gasteiger charge is -2.33. The van der Waals surface area contributed by atoms with Crippen LogP contribution in [0.4, 0.5) is 5.69 Å². The lowest BCUT2D eigenvalue weighted by atomic mass is 9.98. The van der Waals surface area contributed by atoms with Crippen LogP contribution in [0.2, 0.25) is 0 Å². The highest BCUT2D eigenvalue weighted by Crippen LogP contribution is 2.35. The molecule has 1 fully saturated rings. The monoisotopic (exact) mass is 388 g/mol. The minimum absolute atomic E-state index is 0.240. The van der Waals surface area contributed by atoms with Crippen LogP contribution in [-0.2, 0) is 11.0 Å². The van der Waals surface area contributed by atoms with Crippen molar-refractivity contribution < 1.29 is 8.63 Å². The molecule has 0 amide bonds. The third kappa shape index (κ3) is 4.82. The van der Waals surface area contributed by atoms with E-state index in [1.807, 2.05) is 39.8 Å². The van der Waals surface area contributed by atoms with Crippen molar-refractivity contribution in [1.82, 2.24) is 4.72 Å². The van der Waals surface area contributed by atoms with E-state index >= 15 is 0 Å². The molecule has 2 aromatic rings. The van der Waals surface area contributed by atoms with Crippen LogP contribution in [0.5, 0.6) is 0 Å². The van der Waals surface area contributed by atoms with Gasteiger partial charge < -0.3 is 9.32 Å². The SMILES string of the molecule is Cc1ccc(N2CCCCC2)c(C(NS(=O)C(C)(C)C)c2ccc(C)o2)c1. The topological polar surface area (TPSA) is 45.5 Å². The number of piperidine rings is 1. The fourth-order valence-corrected chi connectivity index (χ4v) is 4.31. The number of hydrogen-bond donors (Lipinski definition) is 1. The summed E-state index contributed by atoms with van der Waals surface area (Å²) in [5, 5.41) is 0. The minimum Gasteiger partial charge on any atom is -0.464 e. The van der Waals surface area contributed by atoms with Gasteiger partial charge >= 0.3 is 0 Å². The Labute approximate surface area is 165 Å². The van der Waals surface area contributed by atoms with E-state index in [4.69, 9.17) is 4.42 Å². The van der Waals surface area contributed by atoms with E-state index in [-0.39, 0.29) is 10.8 Å². The second-order valence-electron chi connectivity index (χ2n) is 8.49. The molecule has 0 radical (unpaired) electrons. The average molecular weight is 389 g/mol. The molecule has 2 unspecified atom stereocenters. The van der Waals surface area contributed by atoms with Crippen LogP contribution in [0.1, 0.15) is 68.7 Å². The molecule has 1 aromatic carbocycles. The van der Waals surface area contributed by atoms with Crippen molar-refractivity contribution in [3.63, 3.8) is 0 Å². The van der Waals surface area contributed by atoms with Gasteiger partial charge in [0.25, 0.3) is 0 Å². The quantitative estimate of drug-likeness (QED) is 0.781. The Hall–Kier alpha value is -1.59. The van der Waals surface area contributed by atoms with Gasteiger partial charge in [0.15, 0.2) is 0 Å². The first-order valence-electron chi connectivity index (χ1n) is 9.85. The number of hydrogen-bond acceptors (Lipinski definition) is 3. The smallest absolute Gasteiger partial charge is 0.126 e. The zero-order chi connectivity index (χ0) is 19.6. The molecule has 0 aliphatic carbocycles. The zero-order valence-electron chi connectivity index (χ0n) is 17.2. The van der Waals surface area contributed by atoms with E-state index in [2.05, 4.69) is 34.7 Å². The highest BCUT2D eigenvalue weighted by Gasteiger charge is 2.29. The molecule has 5 heteroatoms. The van der Waals surface area contributed by atoms with Crippen molar-refractivity contribution in [2.75, 3.05) is 18.0 Å². The molecule has 1 saturated heterocycles. The van der Waals surface area contributed by atoms with Crippen LogP contribution < -0.4 is 9.62 Å². The van der Waals surface area contributed by atoms with Gasteiger partial charge in [-0.1, -0.05) is 17.7 Å². The van der Waals surface area contributed by atoms with Gasteiger partial charge in [0.05, 0.1) is 15.7 Å². The summed E-state index contributed by atoms with van der Waals surface area (Å²) in [6, 6.07) is 10.3. The minimum atomic E-state index is -1.21. The molecule has 27 heavy (non-hydrogen) atoms. The predicted octanol–water partition coefficient (Wildman–Crippen LogP) is 5.03. The Morgan fingerprint density at radius 2 is 1.78 bits per heavy atom. The maximum absolute atomic E-state index is 12.9. The van der Waals surface area contributed by atoms with Crippen molar-refractivity contribution >= 4 is 16.7 Å². The van der Waals surface area contributed by atoms with Crippen LogP contribution in [0.25, 0.3) is 0 Å². The molecule has 0 bridgehead atoms. The molecule has 1 aromatic heterocycles. The lowest BCUT2D eigenvalue weighted by molar-refractivity contribution is 0.454. The van der Waals surface area contributed by atoms with E-state index < -0.39 is 11.0 Å². The summed E-state index contributed by atoms with van der Waals surface area (Å²) in [6.07, 6.45) is 3.74. The molecule has 1 aliphatic rings. The van der Waals surface area contributed by atoms with Gasteiger partial charge in [-0.3, -0.25) is 0 Å². The van der Waals surface area contributed by atoms with Crippen molar-refractivity contribution in [3.8, 4) is 0 Å². The second kappa shape index (κ2) is 8.19. The summed E-state index contributed by atoms with van der Waals surface area (Å²) in [6.45, 7) is 12.2. The van der Waals surface area contributed by atoms with E-state index in [0.29, 0.717) is 0 Å². The van der Waals surface area contributed by atoms with Gasteiger partial charge in [-0.15, -0.1) is 0 Å². The van der Waals surface area contributed by atoms with Crippen LogP contribution in [0.15, 0.2) is 34.7 Å². The summed E-state index contributed by atoms with van der Waals surface area (Å²) in [4.78, 5) is 2.46. The molecule has 4 nitrogen and oxygen atoms in total. The van der Waals surface area contributed by atoms with Gasteiger partial charge in [0, 0.05) is 24.3 Å². The zero-order valence-corrected chi connectivity index (χ0v) is 18.0. The fourth-order valence-electron chi connectivity index (χ4n) is 3.50. The van der Waals surface area contributed by atoms with Gasteiger partial charge in [-0.05, 0) is 72.1 Å². The van der Waals surface area contributed by atoms with E-state index in [9.17, 15) is 4.21 Å². The number of furan rings is 1. The molecule has 0 spiro atoms. The molecular weight excluding hydrogens is 356 g/mol. The van der Waals surface area contributed by atoms with E-state index in [1.54, 1.807) is 0 Å². The maximum atomic E-state index is 12.9. The summed E-state index contributed by atoms with van der Waals surface area (Å²) in [7, 11) is -1.21. The van der Waals surface area contributed by atoms with Gasteiger partial charge in [0.1, 0.15) is 17.6 Å². The molecule has 1 aliphatic heterocycles. The maximum Gasteiger partial charge on any atom is 0.126 e. The predicted molar refractivity (Wildman–Crippen MR) is 114 cm³/mol. The first kappa shape index (κ1) is 20.2. The average Bonchev–Trinajstić information content (AvgIpc) is 3.05.